The van der Waals surface area contributed by atoms with E-state index in [0.29, 0.717) is 23.3 Å². The molecule has 1 heterocycles. The zero-order chi connectivity index (χ0) is 21.5. The molecule has 0 amide bonds. The molecule has 4 atom stereocenters. The summed E-state index contributed by atoms with van der Waals surface area (Å²) in [6.07, 6.45) is 3.54. The summed E-state index contributed by atoms with van der Waals surface area (Å²) in [5, 5.41) is 0. The van der Waals surface area contributed by atoms with Crippen LogP contribution in [0, 0.1) is 11.3 Å². The molecule has 6 nitrogen and oxygen atoms in total. The van der Waals surface area contributed by atoms with Crippen molar-refractivity contribution in [2.45, 2.75) is 39.4 Å². The van der Waals surface area contributed by atoms with Crippen LogP contribution < -0.4 is 0 Å². The highest BCUT2D eigenvalue weighted by Gasteiger charge is 2.51. The molecule has 4 rings (SSSR count). The second-order valence-corrected chi connectivity index (χ2v) is 8.28. The first-order valence-electron chi connectivity index (χ1n) is 10.1. The van der Waals surface area contributed by atoms with Crippen LogP contribution in [0.15, 0.2) is 65.0 Å². The van der Waals surface area contributed by atoms with E-state index in [2.05, 4.69) is 13.8 Å². The monoisotopic (exact) mass is 410 g/mol. The lowest BCUT2D eigenvalue weighted by molar-refractivity contribution is -0.133. The Morgan fingerprint density at radius 1 is 1.27 bits per heavy atom. The molecule has 1 aromatic rings. The SMILES string of the molecule is COCO[C@H]1C=C2C=C3OC(=O)C(C)=C3C[C@]2(C)[C@@H](C)[C@H]1OC(=O)c1ccccc1. The normalized spacial score (nSPS) is 30.1. The van der Waals surface area contributed by atoms with Gasteiger partial charge in [-0.2, -0.15) is 0 Å². The van der Waals surface area contributed by atoms with Gasteiger partial charge in [-0.05, 0) is 43.2 Å². The molecule has 0 spiro atoms. The van der Waals surface area contributed by atoms with E-state index in [1.165, 1.54) is 0 Å². The largest absolute Gasteiger partial charge is 0.455 e. The third kappa shape index (κ3) is 3.40. The minimum Gasteiger partial charge on any atom is -0.455 e. The van der Waals surface area contributed by atoms with Crippen molar-refractivity contribution >= 4 is 11.9 Å². The quantitative estimate of drug-likeness (QED) is 0.541. The third-order valence-electron chi connectivity index (χ3n) is 6.55. The maximum absolute atomic E-state index is 12.8. The van der Waals surface area contributed by atoms with Gasteiger partial charge in [0.15, 0.2) is 0 Å². The third-order valence-corrected chi connectivity index (χ3v) is 6.55. The number of fused-ring (bicyclic) bond motifs is 2. The molecule has 158 valence electrons. The number of methoxy groups -OCH3 is 1. The highest BCUT2D eigenvalue weighted by molar-refractivity contribution is 5.94. The topological polar surface area (TPSA) is 71.1 Å². The summed E-state index contributed by atoms with van der Waals surface area (Å²) < 4.78 is 22.4. The van der Waals surface area contributed by atoms with Gasteiger partial charge in [-0.25, -0.2) is 9.59 Å². The average Bonchev–Trinajstić information content (AvgIpc) is 3.01. The van der Waals surface area contributed by atoms with Gasteiger partial charge in [-0.1, -0.05) is 32.0 Å². The number of carbonyl (C=O) groups excluding carboxylic acids is 2. The van der Waals surface area contributed by atoms with E-state index >= 15 is 0 Å². The van der Waals surface area contributed by atoms with Crippen LogP contribution in [0.4, 0.5) is 0 Å². The van der Waals surface area contributed by atoms with Crippen molar-refractivity contribution in [3.63, 3.8) is 0 Å². The predicted octanol–water partition coefficient (Wildman–Crippen LogP) is 3.94. The minimum absolute atomic E-state index is 0.0687. The Kier molecular flexibility index (Phi) is 5.38. The fourth-order valence-corrected chi connectivity index (χ4v) is 4.46. The van der Waals surface area contributed by atoms with Gasteiger partial charge in [0, 0.05) is 29.6 Å². The lowest BCUT2D eigenvalue weighted by atomic mass is 9.60. The smallest absolute Gasteiger partial charge is 0.339 e. The van der Waals surface area contributed by atoms with Crippen molar-refractivity contribution in [2.24, 2.45) is 11.3 Å². The Bertz CT molecular complexity index is 957. The molecular weight excluding hydrogens is 384 g/mol. The van der Waals surface area contributed by atoms with Crippen LogP contribution in [0.2, 0.25) is 0 Å². The molecular formula is C24H26O6. The number of carbonyl (C=O) groups is 2. The van der Waals surface area contributed by atoms with Crippen LogP contribution in [0.5, 0.6) is 0 Å². The molecule has 2 aliphatic carbocycles. The summed E-state index contributed by atoms with van der Waals surface area (Å²) >= 11 is 0. The number of benzene rings is 1. The number of allylic oxidation sites excluding steroid dienone is 3. The first kappa shape index (κ1) is 20.6. The van der Waals surface area contributed by atoms with Crippen molar-refractivity contribution in [3.8, 4) is 0 Å². The predicted molar refractivity (Wildman–Crippen MR) is 109 cm³/mol. The summed E-state index contributed by atoms with van der Waals surface area (Å²) in [6, 6.07) is 8.93. The summed E-state index contributed by atoms with van der Waals surface area (Å²) in [7, 11) is 1.55. The highest BCUT2D eigenvalue weighted by atomic mass is 16.7. The summed E-state index contributed by atoms with van der Waals surface area (Å²) in [5.74, 6) is -0.147. The fourth-order valence-electron chi connectivity index (χ4n) is 4.46. The van der Waals surface area contributed by atoms with Crippen molar-refractivity contribution in [1.82, 2.24) is 0 Å². The van der Waals surface area contributed by atoms with Crippen LogP contribution in [0.25, 0.3) is 0 Å². The van der Waals surface area contributed by atoms with E-state index in [1.54, 1.807) is 38.3 Å². The van der Waals surface area contributed by atoms with Crippen LogP contribution in [-0.4, -0.2) is 38.0 Å². The fraction of sp³-hybridized carbons (Fsp3) is 0.417. The van der Waals surface area contributed by atoms with Gasteiger partial charge in [0.2, 0.25) is 0 Å². The average molecular weight is 410 g/mol. The van der Waals surface area contributed by atoms with Gasteiger partial charge < -0.3 is 18.9 Å². The summed E-state index contributed by atoms with van der Waals surface area (Å²) in [6.45, 7) is 6.07. The van der Waals surface area contributed by atoms with Gasteiger partial charge in [-0.15, -0.1) is 0 Å². The molecule has 0 N–H and O–H groups in total. The Morgan fingerprint density at radius 2 is 2.00 bits per heavy atom. The number of esters is 2. The minimum atomic E-state index is -0.504. The van der Waals surface area contributed by atoms with Crippen molar-refractivity contribution in [3.05, 3.63) is 70.5 Å². The van der Waals surface area contributed by atoms with Gasteiger partial charge >= 0.3 is 11.9 Å². The van der Waals surface area contributed by atoms with Gasteiger partial charge in [0.1, 0.15) is 24.8 Å². The molecule has 0 radical (unpaired) electrons. The number of hydrogen-bond acceptors (Lipinski definition) is 6. The molecule has 0 bridgehead atoms. The number of hydrogen-bond donors (Lipinski definition) is 0. The second-order valence-electron chi connectivity index (χ2n) is 8.28. The standard InChI is InChI=1S/C24H26O6/c1-14-18-12-24(3)15(2)21(30-23(26)16-8-6-5-7-9-16)20(28-13-27-4)11-17(24)10-19(18)29-22(14)25/h5-11,15,20-21H,12-13H2,1-4H3/t15-,20-,21+,24+/m0/s1. The van der Waals surface area contributed by atoms with E-state index in [-0.39, 0.29) is 30.1 Å². The van der Waals surface area contributed by atoms with Gasteiger partial charge in [-0.3, -0.25) is 0 Å². The lowest BCUT2D eigenvalue weighted by Gasteiger charge is -2.48. The van der Waals surface area contributed by atoms with Gasteiger partial charge in [0.25, 0.3) is 0 Å². The van der Waals surface area contributed by atoms with E-state index < -0.39 is 12.2 Å². The maximum atomic E-state index is 12.8. The van der Waals surface area contributed by atoms with Crippen LogP contribution in [-0.2, 0) is 23.7 Å². The molecule has 0 aromatic heterocycles. The highest BCUT2D eigenvalue weighted by Crippen LogP contribution is 2.54. The zero-order valence-electron chi connectivity index (χ0n) is 17.6. The van der Waals surface area contributed by atoms with E-state index in [1.807, 2.05) is 18.2 Å². The lowest BCUT2D eigenvalue weighted by Crippen LogP contribution is -2.49. The Morgan fingerprint density at radius 3 is 2.70 bits per heavy atom. The number of rotatable bonds is 5. The molecule has 30 heavy (non-hydrogen) atoms. The van der Waals surface area contributed by atoms with E-state index in [4.69, 9.17) is 18.9 Å². The molecule has 1 aliphatic heterocycles. The van der Waals surface area contributed by atoms with E-state index in [9.17, 15) is 9.59 Å². The molecule has 0 unspecified atom stereocenters. The molecule has 6 heteroatoms. The van der Waals surface area contributed by atoms with Crippen LogP contribution in [0.3, 0.4) is 0 Å². The Labute approximate surface area is 176 Å². The molecule has 0 fully saturated rings. The first-order valence-corrected chi connectivity index (χ1v) is 10.1. The molecule has 0 saturated heterocycles. The van der Waals surface area contributed by atoms with Crippen LogP contribution in [0.1, 0.15) is 37.6 Å². The zero-order valence-corrected chi connectivity index (χ0v) is 17.6. The van der Waals surface area contributed by atoms with Crippen molar-refractivity contribution < 1.29 is 28.5 Å². The maximum Gasteiger partial charge on any atom is 0.339 e. The Hall–Kier alpha value is -2.70. The summed E-state index contributed by atoms with van der Waals surface area (Å²) in [4.78, 5) is 24.9. The van der Waals surface area contributed by atoms with Crippen molar-refractivity contribution in [2.75, 3.05) is 13.9 Å². The molecule has 1 aromatic carbocycles. The Balaban J connectivity index is 1.70. The molecule has 3 aliphatic rings. The number of ether oxygens (including phenoxy) is 4. The summed E-state index contributed by atoms with van der Waals surface area (Å²) in [5.41, 5.74) is 2.75. The van der Waals surface area contributed by atoms with E-state index in [0.717, 1.165) is 11.1 Å². The second kappa shape index (κ2) is 7.85. The molecule has 0 saturated carbocycles. The first-order chi connectivity index (χ1) is 14.3. The van der Waals surface area contributed by atoms with Crippen LogP contribution >= 0.6 is 0 Å². The van der Waals surface area contributed by atoms with Gasteiger partial charge in [0.05, 0.1) is 5.56 Å². The van der Waals surface area contributed by atoms with Crippen molar-refractivity contribution in [1.29, 1.82) is 0 Å².